The Morgan fingerprint density at radius 3 is 2.44 bits per heavy atom. The first kappa shape index (κ1) is 20.4. The number of benzene rings is 2. The van der Waals surface area contributed by atoms with Gasteiger partial charge in [-0.25, -0.2) is 0 Å². The molecule has 0 aliphatic rings. The van der Waals surface area contributed by atoms with E-state index < -0.39 is 4.92 Å². The predicted octanol–water partition coefficient (Wildman–Crippen LogP) is 3.40. The minimum absolute atomic E-state index is 0.00547. The van der Waals surface area contributed by atoms with Crippen LogP contribution in [0.15, 0.2) is 47.4 Å². The zero-order valence-electron chi connectivity index (χ0n) is 15.4. The van der Waals surface area contributed by atoms with Crippen LogP contribution in [0.3, 0.4) is 0 Å². The highest BCUT2D eigenvalue weighted by Gasteiger charge is 2.14. The molecule has 27 heavy (non-hydrogen) atoms. The van der Waals surface area contributed by atoms with Gasteiger partial charge in [-0.15, -0.1) is 11.8 Å². The molecule has 0 fully saturated rings. The molecule has 0 aliphatic carbocycles. The Labute approximate surface area is 161 Å². The summed E-state index contributed by atoms with van der Waals surface area (Å²) in [4.78, 5) is 36.7. The summed E-state index contributed by atoms with van der Waals surface area (Å²) in [6.45, 7) is 3.85. The monoisotopic (exact) mass is 387 g/mol. The second-order valence-corrected chi connectivity index (χ2v) is 7.13. The van der Waals surface area contributed by atoms with E-state index >= 15 is 0 Å². The zero-order chi connectivity index (χ0) is 20.0. The van der Waals surface area contributed by atoms with E-state index in [0.29, 0.717) is 0 Å². The fourth-order valence-corrected chi connectivity index (χ4v) is 3.14. The molecule has 0 heterocycles. The van der Waals surface area contributed by atoms with Crippen molar-refractivity contribution in [2.75, 3.05) is 24.7 Å². The molecule has 0 aromatic heterocycles. The molecule has 0 saturated heterocycles. The van der Waals surface area contributed by atoms with E-state index in [1.165, 1.54) is 28.8 Å². The van der Waals surface area contributed by atoms with E-state index in [2.05, 4.69) is 5.32 Å². The normalized spacial score (nSPS) is 10.3. The number of hydrogen-bond donors (Lipinski definition) is 1. The molecule has 0 saturated carbocycles. The number of thioether (sulfide) groups is 1. The Balaban J connectivity index is 1.84. The van der Waals surface area contributed by atoms with Gasteiger partial charge >= 0.3 is 0 Å². The van der Waals surface area contributed by atoms with Crippen molar-refractivity contribution in [2.45, 2.75) is 18.7 Å². The molecule has 0 aliphatic heterocycles. The maximum atomic E-state index is 12.2. The summed E-state index contributed by atoms with van der Waals surface area (Å²) in [5, 5.41) is 13.5. The predicted molar refractivity (Wildman–Crippen MR) is 106 cm³/mol. The molecular formula is C19H21N3O4S. The van der Waals surface area contributed by atoms with E-state index in [4.69, 9.17) is 0 Å². The van der Waals surface area contributed by atoms with Crippen LogP contribution in [-0.4, -0.2) is 41.0 Å². The van der Waals surface area contributed by atoms with Crippen molar-refractivity contribution < 1.29 is 14.5 Å². The van der Waals surface area contributed by atoms with Gasteiger partial charge in [-0.05, 0) is 43.2 Å². The van der Waals surface area contributed by atoms with Gasteiger partial charge in [0.25, 0.3) is 5.69 Å². The third-order valence-electron chi connectivity index (χ3n) is 4.10. The van der Waals surface area contributed by atoms with Crippen molar-refractivity contribution in [3.8, 4) is 0 Å². The Morgan fingerprint density at radius 1 is 1.15 bits per heavy atom. The molecule has 0 unspecified atom stereocenters. The molecule has 2 aromatic carbocycles. The Hall–Kier alpha value is -2.87. The third kappa shape index (κ3) is 5.82. The van der Waals surface area contributed by atoms with E-state index in [-0.39, 0.29) is 29.8 Å². The fourth-order valence-electron chi connectivity index (χ4n) is 2.30. The van der Waals surface area contributed by atoms with Crippen LogP contribution < -0.4 is 5.32 Å². The number of aryl methyl sites for hydroxylation is 1. The van der Waals surface area contributed by atoms with E-state index in [1.807, 2.05) is 32.0 Å². The largest absolute Gasteiger partial charge is 0.336 e. The molecule has 0 spiro atoms. The number of nitrogens with one attached hydrogen (secondary N) is 1. The number of carbonyl (C=O) groups is 2. The first-order valence-corrected chi connectivity index (χ1v) is 9.23. The van der Waals surface area contributed by atoms with E-state index in [0.717, 1.165) is 21.7 Å². The number of hydrogen-bond acceptors (Lipinski definition) is 5. The second kappa shape index (κ2) is 9.18. The first-order valence-electron chi connectivity index (χ1n) is 8.25. The van der Waals surface area contributed by atoms with Crippen molar-refractivity contribution in [3.63, 3.8) is 0 Å². The van der Waals surface area contributed by atoms with Crippen molar-refractivity contribution in [1.82, 2.24) is 4.90 Å². The molecule has 0 radical (unpaired) electrons. The lowest BCUT2D eigenvalue weighted by Crippen LogP contribution is -2.36. The van der Waals surface area contributed by atoms with Crippen molar-refractivity contribution in [1.29, 1.82) is 0 Å². The average molecular weight is 387 g/mol. The maximum Gasteiger partial charge on any atom is 0.269 e. The summed E-state index contributed by atoms with van der Waals surface area (Å²) < 4.78 is 0. The van der Waals surface area contributed by atoms with Crippen molar-refractivity contribution in [3.05, 3.63) is 63.7 Å². The standard InChI is InChI=1S/C19H21N3O4S/c1-13-5-4-6-17(14(13)2)20-18(23)11-21(3)19(24)12-27-16-9-7-15(8-10-16)22(25)26/h4-10H,11-12H2,1-3H3,(H,20,23). The van der Waals surface area contributed by atoms with Gasteiger partial charge in [0.15, 0.2) is 0 Å². The quantitative estimate of drug-likeness (QED) is 0.446. The molecule has 2 amide bonds. The zero-order valence-corrected chi connectivity index (χ0v) is 16.2. The molecule has 1 N–H and O–H groups in total. The van der Waals surface area contributed by atoms with E-state index in [1.54, 1.807) is 19.2 Å². The highest BCUT2D eigenvalue weighted by Crippen LogP contribution is 2.21. The van der Waals surface area contributed by atoms with Gasteiger partial charge < -0.3 is 10.2 Å². The lowest BCUT2D eigenvalue weighted by Gasteiger charge is -2.17. The van der Waals surface area contributed by atoms with Gasteiger partial charge in [-0.3, -0.25) is 19.7 Å². The molecule has 2 aromatic rings. The Bertz CT molecular complexity index is 853. The average Bonchev–Trinajstić information content (AvgIpc) is 2.63. The highest BCUT2D eigenvalue weighted by molar-refractivity contribution is 8.00. The molecule has 7 nitrogen and oxygen atoms in total. The number of likely N-dealkylation sites (N-methyl/N-ethyl adjacent to an activating group) is 1. The number of nitro benzene ring substituents is 1. The molecule has 0 bridgehead atoms. The summed E-state index contributed by atoms with van der Waals surface area (Å²) in [5.74, 6) is -0.320. The lowest BCUT2D eigenvalue weighted by atomic mass is 10.1. The topological polar surface area (TPSA) is 92.6 Å². The van der Waals surface area contributed by atoms with Crippen LogP contribution in [0.1, 0.15) is 11.1 Å². The minimum atomic E-state index is -0.470. The van der Waals surface area contributed by atoms with Crippen LogP contribution in [-0.2, 0) is 9.59 Å². The van der Waals surface area contributed by atoms with Crippen molar-refractivity contribution in [2.24, 2.45) is 0 Å². The molecule has 2 rings (SSSR count). The van der Waals surface area contributed by atoms with Gasteiger partial charge in [0.2, 0.25) is 11.8 Å². The minimum Gasteiger partial charge on any atom is -0.336 e. The third-order valence-corrected chi connectivity index (χ3v) is 5.09. The van der Waals surface area contributed by atoms with Gasteiger partial charge in [0.1, 0.15) is 0 Å². The number of amides is 2. The van der Waals surface area contributed by atoms with E-state index in [9.17, 15) is 19.7 Å². The number of carbonyl (C=O) groups excluding carboxylic acids is 2. The summed E-state index contributed by atoms with van der Waals surface area (Å²) in [7, 11) is 1.57. The first-order chi connectivity index (χ1) is 12.8. The Morgan fingerprint density at radius 2 is 1.81 bits per heavy atom. The van der Waals surface area contributed by atoms with Gasteiger partial charge in [-0.2, -0.15) is 0 Å². The number of nitrogens with zero attached hydrogens (tertiary/aromatic N) is 2. The van der Waals surface area contributed by atoms with Gasteiger partial charge in [0.05, 0.1) is 17.2 Å². The maximum absolute atomic E-state index is 12.2. The molecule has 142 valence electrons. The molecule has 8 heteroatoms. The number of non-ortho nitro benzene ring substituents is 1. The Kier molecular flexibility index (Phi) is 6.95. The van der Waals surface area contributed by atoms with Crippen LogP contribution in [0, 0.1) is 24.0 Å². The van der Waals surface area contributed by atoms with Crippen LogP contribution in [0.2, 0.25) is 0 Å². The summed E-state index contributed by atoms with van der Waals surface area (Å²) >= 11 is 1.27. The van der Waals surface area contributed by atoms with Gasteiger partial charge in [-0.1, -0.05) is 12.1 Å². The van der Waals surface area contributed by atoms with Crippen LogP contribution in [0.5, 0.6) is 0 Å². The second-order valence-electron chi connectivity index (χ2n) is 6.09. The van der Waals surface area contributed by atoms with Crippen LogP contribution in [0.25, 0.3) is 0 Å². The number of rotatable bonds is 7. The number of nitro groups is 1. The summed E-state index contributed by atoms with van der Waals surface area (Å²) in [5.41, 5.74) is 2.82. The van der Waals surface area contributed by atoms with Crippen LogP contribution in [0.4, 0.5) is 11.4 Å². The highest BCUT2D eigenvalue weighted by atomic mass is 32.2. The van der Waals surface area contributed by atoms with Crippen LogP contribution >= 0.6 is 11.8 Å². The van der Waals surface area contributed by atoms with Crippen molar-refractivity contribution >= 4 is 35.0 Å². The molecule has 0 atom stereocenters. The lowest BCUT2D eigenvalue weighted by molar-refractivity contribution is -0.384. The van der Waals surface area contributed by atoms with Gasteiger partial charge in [0, 0.05) is 29.8 Å². The molecular weight excluding hydrogens is 366 g/mol. The SMILES string of the molecule is Cc1cccc(NC(=O)CN(C)C(=O)CSc2ccc([N+](=O)[O-])cc2)c1C. The smallest absolute Gasteiger partial charge is 0.269 e. The fraction of sp³-hybridized carbons (Fsp3) is 0.263. The number of anilines is 1. The summed E-state index contributed by atoms with van der Waals surface area (Å²) in [6.07, 6.45) is 0. The summed E-state index contributed by atoms with van der Waals surface area (Å²) in [6, 6.07) is 11.7.